The summed E-state index contributed by atoms with van der Waals surface area (Å²) in [6, 6.07) is 6.86. The molecule has 4 aromatic rings. The number of aromatic nitrogens is 12. The Labute approximate surface area is 136 Å². The van der Waals surface area contributed by atoms with E-state index >= 15 is 0 Å². The average Bonchev–Trinajstić information content (AvgIpc) is 2.75. The Morgan fingerprint density at radius 3 is 0.458 bits per heavy atom. The van der Waals surface area contributed by atoms with Crippen LogP contribution in [-0.2, 0) is 0 Å². The van der Waals surface area contributed by atoms with Crippen LogP contribution in [0, 0.1) is 0 Å². The molecule has 4 aromatic heterocycles. The van der Waals surface area contributed by atoms with Crippen molar-refractivity contribution in [1.29, 1.82) is 0 Å². The zero-order chi connectivity index (χ0) is 17.0. The van der Waals surface area contributed by atoms with Crippen molar-refractivity contribution in [2.24, 2.45) is 0 Å². The lowest BCUT2D eigenvalue weighted by Crippen LogP contribution is -1.78. The molecule has 0 aromatic carbocycles. The maximum Gasteiger partial charge on any atom is 0.0529 e. The van der Waals surface area contributed by atoms with Gasteiger partial charge in [0.1, 0.15) is 0 Å². The van der Waals surface area contributed by atoms with Crippen LogP contribution < -0.4 is 0 Å². The predicted octanol–water partition coefficient (Wildman–Crippen LogP) is -0.514. The van der Waals surface area contributed by atoms with Gasteiger partial charge in [-0.25, -0.2) is 0 Å². The highest BCUT2D eigenvalue weighted by Gasteiger charge is 1.62. The molecule has 0 radical (unpaired) electrons. The third kappa shape index (κ3) is 13.0. The number of hydrogen-bond acceptors (Lipinski definition) is 12. The largest absolute Gasteiger partial charge is 0.139 e. The van der Waals surface area contributed by atoms with E-state index in [-0.39, 0.29) is 0 Å². The van der Waals surface area contributed by atoms with Gasteiger partial charge in [-0.15, -0.1) is 40.8 Å². The Balaban J connectivity index is 0.000000160. The molecule has 0 aliphatic heterocycles. The standard InChI is InChI=1S/4C3H3N3/c4*1-2-4-6-5-3-1/h4*1-3H. The van der Waals surface area contributed by atoms with Gasteiger partial charge in [0.2, 0.25) is 0 Å². The first kappa shape index (κ1) is 18.1. The van der Waals surface area contributed by atoms with E-state index in [1.54, 1.807) is 73.8 Å². The third-order valence-corrected chi connectivity index (χ3v) is 1.63. The molecule has 12 nitrogen and oxygen atoms in total. The van der Waals surface area contributed by atoms with E-state index in [9.17, 15) is 0 Å². The maximum atomic E-state index is 3.42. The minimum absolute atomic E-state index is 1.58. The lowest BCUT2D eigenvalue weighted by Gasteiger charge is -1.68. The molecule has 0 N–H and O–H groups in total. The zero-order valence-corrected chi connectivity index (χ0v) is 12.3. The number of rotatable bonds is 0. The van der Waals surface area contributed by atoms with Gasteiger partial charge in [-0.05, 0) is 45.1 Å². The molecule has 0 saturated carbocycles. The van der Waals surface area contributed by atoms with Crippen molar-refractivity contribution in [1.82, 2.24) is 61.6 Å². The van der Waals surface area contributed by atoms with E-state index in [0.717, 1.165) is 0 Å². The smallest absolute Gasteiger partial charge is 0.0529 e. The first-order valence-corrected chi connectivity index (χ1v) is 6.33. The van der Waals surface area contributed by atoms with Crippen LogP contribution in [0.4, 0.5) is 0 Å². The second-order valence-electron chi connectivity index (χ2n) is 3.24. The minimum atomic E-state index is 1.58. The van der Waals surface area contributed by atoms with Crippen LogP contribution in [0.2, 0.25) is 0 Å². The summed E-state index contributed by atoms with van der Waals surface area (Å²) in [5.41, 5.74) is 0. The summed E-state index contributed by atoms with van der Waals surface area (Å²) in [7, 11) is 0. The Kier molecular flexibility index (Phi) is 11.6. The van der Waals surface area contributed by atoms with Crippen molar-refractivity contribution in [3.63, 3.8) is 0 Å². The summed E-state index contributed by atoms with van der Waals surface area (Å²) in [5, 5.41) is 40.5. The molecular weight excluding hydrogens is 312 g/mol. The highest BCUT2D eigenvalue weighted by atomic mass is 15.3. The lowest BCUT2D eigenvalue weighted by atomic mass is 10.7. The van der Waals surface area contributed by atoms with Gasteiger partial charge in [-0.2, -0.15) is 0 Å². The van der Waals surface area contributed by atoms with Gasteiger partial charge in [-0.1, -0.05) is 0 Å². The summed E-state index contributed by atoms with van der Waals surface area (Å²) in [6.45, 7) is 0. The summed E-state index contributed by atoms with van der Waals surface area (Å²) in [6.07, 6.45) is 12.6. The van der Waals surface area contributed by atoms with Crippen molar-refractivity contribution in [3.8, 4) is 0 Å². The van der Waals surface area contributed by atoms with Crippen LogP contribution in [0.25, 0.3) is 0 Å². The van der Waals surface area contributed by atoms with Crippen LogP contribution in [0.5, 0.6) is 0 Å². The number of hydrogen-bond donors (Lipinski definition) is 0. The van der Waals surface area contributed by atoms with Crippen molar-refractivity contribution >= 4 is 0 Å². The summed E-state index contributed by atoms with van der Waals surface area (Å²) in [4.78, 5) is 0. The molecular formula is C12H12N12. The quantitative estimate of drug-likeness (QED) is 0.408. The van der Waals surface area contributed by atoms with E-state index in [4.69, 9.17) is 0 Å². The fraction of sp³-hybridized carbons (Fsp3) is 0. The van der Waals surface area contributed by atoms with E-state index in [1.165, 1.54) is 0 Å². The van der Waals surface area contributed by atoms with Crippen LogP contribution in [0.15, 0.2) is 73.8 Å². The molecule has 0 aliphatic carbocycles. The van der Waals surface area contributed by atoms with E-state index < -0.39 is 0 Å². The van der Waals surface area contributed by atoms with Gasteiger partial charge >= 0.3 is 0 Å². The van der Waals surface area contributed by atoms with Gasteiger partial charge in [-0.3, -0.25) is 0 Å². The topological polar surface area (TPSA) is 155 Å². The monoisotopic (exact) mass is 324 g/mol. The van der Waals surface area contributed by atoms with Crippen LogP contribution in [0.1, 0.15) is 0 Å². The lowest BCUT2D eigenvalue weighted by molar-refractivity contribution is 0.865. The summed E-state index contributed by atoms with van der Waals surface area (Å²) < 4.78 is 0. The molecule has 0 bridgehead atoms. The van der Waals surface area contributed by atoms with Crippen LogP contribution in [0.3, 0.4) is 0 Å². The molecule has 0 atom stereocenters. The molecule has 0 saturated heterocycles. The van der Waals surface area contributed by atoms with Gasteiger partial charge in [0.05, 0.1) is 49.6 Å². The molecule has 24 heavy (non-hydrogen) atoms. The van der Waals surface area contributed by atoms with Crippen molar-refractivity contribution in [2.75, 3.05) is 0 Å². The Hall–Kier alpha value is -3.96. The van der Waals surface area contributed by atoms with Crippen LogP contribution in [-0.4, -0.2) is 61.6 Å². The van der Waals surface area contributed by atoms with Gasteiger partial charge < -0.3 is 0 Å². The molecule has 0 aliphatic rings. The number of nitrogens with zero attached hydrogens (tertiary/aromatic N) is 12. The highest BCUT2D eigenvalue weighted by molar-refractivity contribution is 4.70. The van der Waals surface area contributed by atoms with E-state index in [1.807, 2.05) is 0 Å². The first-order chi connectivity index (χ1) is 12.0. The summed E-state index contributed by atoms with van der Waals surface area (Å²) >= 11 is 0. The first-order valence-electron chi connectivity index (χ1n) is 6.33. The van der Waals surface area contributed by atoms with Gasteiger partial charge in [0, 0.05) is 0 Å². The highest BCUT2D eigenvalue weighted by Crippen LogP contribution is 1.63. The SMILES string of the molecule is c1cnnnc1.c1cnnnc1.c1cnnnc1.c1cnnnc1. The third-order valence-electron chi connectivity index (χ3n) is 1.63. The molecule has 120 valence electrons. The molecule has 4 rings (SSSR count). The summed E-state index contributed by atoms with van der Waals surface area (Å²) in [5.74, 6) is 0. The Morgan fingerprint density at radius 2 is 0.417 bits per heavy atom. The van der Waals surface area contributed by atoms with Gasteiger partial charge in [0.25, 0.3) is 0 Å². The van der Waals surface area contributed by atoms with E-state index in [2.05, 4.69) is 61.6 Å². The average molecular weight is 324 g/mol. The van der Waals surface area contributed by atoms with Crippen molar-refractivity contribution in [3.05, 3.63) is 73.8 Å². The molecule has 0 amide bonds. The molecule has 0 spiro atoms. The van der Waals surface area contributed by atoms with Crippen molar-refractivity contribution in [2.45, 2.75) is 0 Å². The second-order valence-corrected chi connectivity index (χ2v) is 3.24. The van der Waals surface area contributed by atoms with Gasteiger partial charge in [0.15, 0.2) is 0 Å². The fourth-order valence-corrected chi connectivity index (χ4v) is 0.820. The Bertz CT molecular complexity index is 438. The molecule has 0 unspecified atom stereocenters. The predicted molar refractivity (Wildman–Crippen MR) is 79.3 cm³/mol. The second kappa shape index (κ2) is 15.4. The van der Waals surface area contributed by atoms with Crippen molar-refractivity contribution < 1.29 is 0 Å². The molecule has 12 heteroatoms. The van der Waals surface area contributed by atoms with Crippen LogP contribution >= 0.6 is 0 Å². The minimum Gasteiger partial charge on any atom is -0.139 e. The molecule has 0 fully saturated rings. The normalized spacial score (nSPS) is 8.00. The molecule has 4 heterocycles. The fourth-order valence-electron chi connectivity index (χ4n) is 0.820. The maximum absolute atomic E-state index is 3.42. The van der Waals surface area contributed by atoms with E-state index in [0.29, 0.717) is 0 Å². The zero-order valence-electron chi connectivity index (χ0n) is 12.3. The Morgan fingerprint density at radius 1 is 0.250 bits per heavy atom.